The summed E-state index contributed by atoms with van der Waals surface area (Å²) in [6.45, 7) is 7.46. The van der Waals surface area contributed by atoms with Crippen molar-refractivity contribution in [1.82, 2.24) is 10.2 Å². The van der Waals surface area contributed by atoms with Crippen molar-refractivity contribution in [3.05, 3.63) is 22.4 Å². The minimum atomic E-state index is -0.0109. The summed E-state index contributed by atoms with van der Waals surface area (Å²) in [5.74, 6) is 0.828. The molecule has 0 bridgehead atoms. The van der Waals surface area contributed by atoms with Gasteiger partial charge in [0.25, 0.3) is 0 Å². The standard InChI is InChI=1S/C17H28N2OS/c1-4-5-6-7-10-19-16(15-9-8-11-21-15)18-14(17(19)20)12-13(2)3/h8-9,11,13-14,16,18H,4-7,10,12H2,1-3H3. The Morgan fingerprint density at radius 2 is 2.14 bits per heavy atom. The minimum Gasteiger partial charge on any atom is -0.321 e. The highest BCUT2D eigenvalue weighted by molar-refractivity contribution is 7.10. The first kappa shape index (κ1) is 16.5. The van der Waals surface area contributed by atoms with Crippen LogP contribution < -0.4 is 5.32 Å². The van der Waals surface area contributed by atoms with Gasteiger partial charge < -0.3 is 4.90 Å². The highest BCUT2D eigenvalue weighted by Crippen LogP contribution is 2.30. The number of hydrogen-bond donors (Lipinski definition) is 1. The topological polar surface area (TPSA) is 32.3 Å². The van der Waals surface area contributed by atoms with Gasteiger partial charge in [0.1, 0.15) is 6.17 Å². The maximum absolute atomic E-state index is 12.7. The molecule has 1 aliphatic rings. The quantitative estimate of drug-likeness (QED) is 0.731. The van der Waals surface area contributed by atoms with Gasteiger partial charge in [-0.25, -0.2) is 0 Å². The molecule has 2 rings (SSSR count). The van der Waals surface area contributed by atoms with Crippen LogP contribution in [0.25, 0.3) is 0 Å². The number of carbonyl (C=O) groups is 1. The Bertz CT molecular complexity index is 430. The van der Waals surface area contributed by atoms with E-state index in [1.165, 1.54) is 24.1 Å². The van der Waals surface area contributed by atoms with Gasteiger partial charge in [-0.3, -0.25) is 10.1 Å². The largest absolute Gasteiger partial charge is 0.321 e. The van der Waals surface area contributed by atoms with Gasteiger partial charge in [0.15, 0.2) is 0 Å². The maximum atomic E-state index is 12.7. The first-order valence-corrected chi connectivity index (χ1v) is 9.11. The maximum Gasteiger partial charge on any atom is 0.241 e. The van der Waals surface area contributed by atoms with Crippen molar-refractivity contribution in [2.24, 2.45) is 5.92 Å². The number of thiophene rings is 1. The predicted molar refractivity (Wildman–Crippen MR) is 89.3 cm³/mol. The molecule has 1 aromatic heterocycles. The van der Waals surface area contributed by atoms with Crippen molar-refractivity contribution in [2.45, 2.75) is 65.1 Å². The number of unbranched alkanes of at least 4 members (excludes halogenated alkanes) is 3. The van der Waals surface area contributed by atoms with Crippen LogP contribution in [-0.4, -0.2) is 23.4 Å². The van der Waals surface area contributed by atoms with Gasteiger partial charge in [-0.15, -0.1) is 11.3 Å². The molecular formula is C17H28N2OS. The zero-order valence-corrected chi connectivity index (χ0v) is 14.3. The summed E-state index contributed by atoms with van der Waals surface area (Å²) in [6.07, 6.45) is 5.82. The van der Waals surface area contributed by atoms with Crippen molar-refractivity contribution in [2.75, 3.05) is 6.54 Å². The molecule has 3 nitrogen and oxygen atoms in total. The third-order valence-electron chi connectivity index (χ3n) is 4.02. The van der Waals surface area contributed by atoms with Crippen molar-refractivity contribution in [3.8, 4) is 0 Å². The Kier molecular flexibility index (Phi) is 6.24. The van der Waals surface area contributed by atoms with E-state index < -0.39 is 0 Å². The van der Waals surface area contributed by atoms with Crippen LogP contribution in [0.3, 0.4) is 0 Å². The summed E-state index contributed by atoms with van der Waals surface area (Å²) < 4.78 is 0. The molecule has 0 aromatic carbocycles. The molecule has 0 saturated carbocycles. The monoisotopic (exact) mass is 308 g/mol. The second-order valence-electron chi connectivity index (χ2n) is 6.36. The number of hydrogen-bond acceptors (Lipinski definition) is 3. The van der Waals surface area contributed by atoms with Crippen LogP contribution in [0.2, 0.25) is 0 Å². The van der Waals surface area contributed by atoms with E-state index in [1.54, 1.807) is 11.3 Å². The van der Waals surface area contributed by atoms with E-state index in [2.05, 4.69) is 48.5 Å². The molecule has 1 aromatic rings. The normalized spacial score (nSPS) is 22.5. The molecular weight excluding hydrogens is 280 g/mol. The lowest BCUT2D eigenvalue weighted by atomic mass is 10.0. The fourth-order valence-corrected chi connectivity index (χ4v) is 3.75. The van der Waals surface area contributed by atoms with E-state index in [0.29, 0.717) is 11.8 Å². The Balaban J connectivity index is 2.03. The fourth-order valence-electron chi connectivity index (χ4n) is 2.95. The van der Waals surface area contributed by atoms with E-state index in [1.807, 2.05) is 0 Å². The van der Waals surface area contributed by atoms with Crippen LogP contribution in [0.1, 0.15) is 63.9 Å². The average Bonchev–Trinajstić information content (AvgIpc) is 3.05. The zero-order chi connectivity index (χ0) is 15.2. The molecule has 0 aliphatic carbocycles. The summed E-state index contributed by atoms with van der Waals surface area (Å²) in [4.78, 5) is 16.0. The van der Waals surface area contributed by atoms with Gasteiger partial charge in [0.2, 0.25) is 5.91 Å². The summed E-state index contributed by atoms with van der Waals surface area (Å²) in [6, 6.07) is 4.19. The Morgan fingerprint density at radius 3 is 2.76 bits per heavy atom. The molecule has 2 unspecified atom stereocenters. The molecule has 21 heavy (non-hydrogen) atoms. The second kappa shape index (κ2) is 7.95. The number of nitrogens with zero attached hydrogens (tertiary/aromatic N) is 1. The Labute approximate surface area is 132 Å². The first-order valence-electron chi connectivity index (χ1n) is 8.23. The lowest BCUT2D eigenvalue weighted by molar-refractivity contribution is -0.130. The minimum absolute atomic E-state index is 0.0109. The SMILES string of the molecule is CCCCCCN1C(=O)C(CC(C)C)NC1c1cccs1. The molecule has 1 N–H and O–H groups in total. The van der Waals surface area contributed by atoms with E-state index in [-0.39, 0.29) is 12.2 Å². The van der Waals surface area contributed by atoms with Crippen LogP contribution in [0.15, 0.2) is 17.5 Å². The Hall–Kier alpha value is -0.870. The predicted octanol–water partition coefficient (Wildman–Crippen LogP) is 4.17. The van der Waals surface area contributed by atoms with Crippen molar-refractivity contribution < 1.29 is 4.79 Å². The van der Waals surface area contributed by atoms with Crippen LogP contribution in [-0.2, 0) is 4.79 Å². The lowest BCUT2D eigenvalue weighted by Crippen LogP contribution is -2.32. The van der Waals surface area contributed by atoms with Crippen LogP contribution in [0.4, 0.5) is 0 Å². The van der Waals surface area contributed by atoms with Crippen molar-refractivity contribution in [1.29, 1.82) is 0 Å². The molecule has 2 atom stereocenters. The molecule has 0 radical (unpaired) electrons. The van der Waals surface area contributed by atoms with Gasteiger partial charge >= 0.3 is 0 Å². The second-order valence-corrected chi connectivity index (χ2v) is 7.34. The van der Waals surface area contributed by atoms with Gasteiger partial charge in [0, 0.05) is 11.4 Å². The number of carbonyl (C=O) groups excluding carboxylic acids is 1. The summed E-state index contributed by atoms with van der Waals surface area (Å²) in [5, 5.41) is 5.64. The molecule has 2 heterocycles. The first-order chi connectivity index (χ1) is 10.1. The molecule has 1 saturated heterocycles. The highest BCUT2D eigenvalue weighted by Gasteiger charge is 2.39. The molecule has 1 amide bonds. The third-order valence-corrected chi connectivity index (χ3v) is 4.95. The van der Waals surface area contributed by atoms with Crippen molar-refractivity contribution in [3.63, 3.8) is 0 Å². The van der Waals surface area contributed by atoms with E-state index in [9.17, 15) is 4.79 Å². The smallest absolute Gasteiger partial charge is 0.241 e. The molecule has 1 fully saturated rings. The fraction of sp³-hybridized carbons (Fsp3) is 0.706. The van der Waals surface area contributed by atoms with E-state index in [0.717, 1.165) is 19.4 Å². The van der Waals surface area contributed by atoms with Crippen LogP contribution in [0, 0.1) is 5.92 Å². The van der Waals surface area contributed by atoms with E-state index >= 15 is 0 Å². The summed E-state index contributed by atoms with van der Waals surface area (Å²) in [7, 11) is 0. The lowest BCUT2D eigenvalue weighted by Gasteiger charge is -2.23. The average molecular weight is 308 g/mol. The number of rotatable bonds is 8. The number of nitrogens with one attached hydrogen (secondary N) is 1. The molecule has 1 aliphatic heterocycles. The third kappa shape index (κ3) is 4.30. The summed E-state index contributed by atoms with van der Waals surface area (Å²) in [5.41, 5.74) is 0. The van der Waals surface area contributed by atoms with Gasteiger partial charge in [-0.2, -0.15) is 0 Å². The van der Waals surface area contributed by atoms with Gasteiger partial charge in [-0.05, 0) is 30.2 Å². The van der Waals surface area contributed by atoms with Crippen molar-refractivity contribution >= 4 is 17.2 Å². The Morgan fingerprint density at radius 1 is 1.33 bits per heavy atom. The molecule has 4 heteroatoms. The van der Waals surface area contributed by atoms with Crippen LogP contribution >= 0.6 is 11.3 Å². The van der Waals surface area contributed by atoms with Crippen LogP contribution in [0.5, 0.6) is 0 Å². The highest BCUT2D eigenvalue weighted by atomic mass is 32.1. The van der Waals surface area contributed by atoms with Gasteiger partial charge in [0.05, 0.1) is 6.04 Å². The molecule has 0 spiro atoms. The summed E-state index contributed by atoms with van der Waals surface area (Å²) >= 11 is 1.73. The van der Waals surface area contributed by atoms with Gasteiger partial charge in [-0.1, -0.05) is 46.1 Å². The number of amides is 1. The van der Waals surface area contributed by atoms with E-state index in [4.69, 9.17) is 0 Å². The molecule has 118 valence electrons. The zero-order valence-electron chi connectivity index (χ0n) is 13.5.